The van der Waals surface area contributed by atoms with Crippen molar-refractivity contribution in [2.24, 2.45) is 0 Å². The summed E-state index contributed by atoms with van der Waals surface area (Å²) < 4.78 is 72.5. The molecule has 0 aliphatic carbocycles. The fraction of sp³-hybridized carbons (Fsp3) is 0.583. The highest BCUT2D eigenvalue weighted by atomic mass is 35.5. The highest BCUT2D eigenvalue weighted by Gasteiger charge is 2.51. The van der Waals surface area contributed by atoms with Crippen molar-refractivity contribution < 1.29 is 60.3 Å². The number of anilines is 1. The van der Waals surface area contributed by atoms with Crippen LogP contribution in [0.25, 0.3) is 11.2 Å². The van der Waals surface area contributed by atoms with Gasteiger partial charge in [0.2, 0.25) is 17.0 Å². The number of hydrogen-bond donors (Lipinski definition) is 5. The van der Waals surface area contributed by atoms with Gasteiger partial charge in [-0.25, -0.2) is 23.1 Å². The van der Waals surface area contributed by atoms with E-state index in [1.54, 1.807) is 6.92 Å². The van der Waals surface area contributed by atoms with E-state index in [9.17, 15) is 18.6 Å². The summed E-state index contributed by atoms with van der Waals surface area (Å²) in [5.41, 5.74) is 5.79. The van der Waals surface area contributed by atoms with Crippen LogP contribution in [0.5, 0.6) is 5.88 Å². The topological polar surface area (TPSA) is 248 Å². The van der Waals surface area contributed by atoms with Crippen LogP contribution in [-0.4, -0.2) is 63.5 Å². The summed E-state index contributed by atoms with van der Waals surface area (Å²) in [6.07, 6.45) is -2.36. The van der Waals surface area contributed by atoms with Gasteiger partial charge in [0.25, 0.3) is 0 Å². The molecule has 1 saturated heterocycles. The lowest BCUT2D eigenvalue weighted by Crippen LogP contribution is -2.24. The third-order valence-electron chi connectivity index (χ3n) is 3.96. The number of nitrogen functional groups attached to an aromatic ring is 1. The summed E-state index contributed by atoms with van der Waals surface area (Å²) in [7, 11) is -16.7. The maximum absolute atomic E-state index is 15.1. The zero-order valence-electron chi connectivity index (χ0n) is 16.9. The van der Waals surface area contributed by atoms with E-state index in [1.807, 2.05) is 0 Å². The van der Waals surface area contributed by atoms with Gasteiger partial charge in [0.05, 0.1) is 25.6 Å². The summed E-state index contributed by atoms with van der Waals surface area (Å²) >= 11 is 5.93. The molecule has 192 valence electrons. The molecule has 5 atom stereocenters. The number of halogens is 2. The molecular formula is C12H18ClFN5O12P3. The van der Waals surface area contributed by atoms with Crippen LogP contribution in [0.1, 0.15) is 19.6 Å². The van der Waals surface area contributed by atoms with Crippen LogP contribution in [-0.2, 0) is 31.6 Å². The third kappa shape index (κ3) is 6.69. The molecule has 2 unspecified atom stereocenters. The van der Waals surface area contributed by atoms with Gasteiger partial charge in [0.15, 0.2) is 17.4 Å². The van der Waals surface area contributed by atoms with Gasteiger partial charge >= 0.3 is 23.5 Å². The first-order valence-corrected chi connectivity index (χ1v) is 13.9. The van der Waals surface area contributed by atoms with Crippen molar-refractivity contribution in [2.75, 3.05) is 18.9 Å². The second-order valence-electron chi connectivity index (χ2n) is 6.61. The minimum absolute atomic E-state index is 0.0113. The fourth-order valence-electron chi connectivity index (χ4n) is 2.90. The molecule has 6 N–H and O–H groups in total. The van der Waals surface area contributed by atoms with Crippen LogP contribution >= 0.6 is 35.1 Å². The van der Waals surface area contributed by atoms with Gasteiger partial charge in [-0.05, 0) is 6.92 Å². The van der Waals surface area contributed by atoms with E-state index >= 15 is 4.39 Å². The first-order chi connectivity index (χ1) is 15.5. The normalized spacial score (nSPS) is 26.9. The second-order valence-corrected chi connectivity index (χ2v) is 11.7. The number of nitrogens with two attached hydrogens (primary N) is 1. The summed E-state index contributed by atoms with van der Waals surface area (Å²) in [6.45, 7) is 1.02. The summed E-state index contributed by atoms with van der Waals surface area (Å²) in [5.74, 6) is -0.177. The Kier molecular flexibility index (Phi) is 7.76. The molecule has 17 nitrogen and oxygen atoms in total. The molecular weight excluding hydrogens is 554 g/mol. The third-order valence-corrected chi connectivity index (χ3v) is 8.11. The van der Waals surface area contributed by atoms with Crippen LogP contribution in [0.2, 0.25) is 0 Å². The standard InChI is InChI=1S/C12H18ClFN5O12P3/c1-2-27-9-7-8(17-11(15)18-9)19(5-16-7)10-12(13,14)3-6(29-10)4-28-33(23,24)31-34(25,26)30-32(20,21)22/h5-6,10H,2-4H2,1H3,(H,23,24)(H,25,26)(H2,15,17,18)(H2,20,21,22)/t6-,10+,12-/m0/s1. The van der Waals surface area contributed by atoms with Crippen molar-refractivity contribution in [3.63, 3.8) is 0 Å². The van der Waals surface area contributed by atoms with Crippen molar-refractivity contribution in [3.05, 3.63) is 6.33 Å². The van der Waals surface area contributed by atoms with Crippen molar-refractivity contribution in [3.8, 4) is 5.88 Å². The first kappa shape index (κ1) is 27.3. The molecule has 0 bridgehead atoms. The van der Waals surface area contributed by atoms with Crippen LogP contribution in [0, 0.1) is 0 Å². The SMILES string of the molecule is CCOc1nc(N)nc2c1ncn2[C@@H]1O[C@H](COP(=O)(O)OP(=O)(O)OP(=O)(O)O)C[C@@]1(F)Cl. The number of nitrogens with zero attached hydrogens (tertiary/aromatic N) is 4. The summed E-state index contributed by atoms with van der Waals surface area (Å²) in [4.78, 5) is 47.7. The Morgan fingerprint density at radius 1 is 1.26 bits per heavy atom. The number of rotatable bonds is 10. The minimum Gasteiger partial charge on any atom is -0.476 e. The van der Waals surface area contributed by atoms with E-state index in [1.165, 1.54) is 0 Å². The number of phosphoric acid groups is 3. The number of fused-ring (bicyclic) bond motifs is 1. The Hall–Kier alpha value is -1.26. The van der Waals surface area contributed by atoms with Crippen molar-refractivity contribution >= 4 is 52.2 Å². The quantitative estimate of drug-likeness (QED) is 0.199. The Morgan fingerprint density at radius 3 is 2.56 bits per heavy atom. The zero-order chi connectivity index (χ0) is 25.5. The van der Waals surface area contributed by atoms with Crippen LogP contribution in [0.4, 0.5) is 10.3 Å². The van der Waals surface area contributed by atoms with Gasteiger partial charge < -0.3 is 34.8 Å². The number of alkyl halides is 2. The van der Waals surface area contributed by atoms with Crippen molar-refractivity contribution in [1.82, 2.24) is 19.5 Å². The maximum atomic E-state index is 15.1. The van der Waals surface area contributed by atoms with Crippen LogP contribution in [0.15, 0.2) is 6.33 Å². The minimum atomic E-state index is -5.71. The fourth-order valence-corrected chi connectivity index (χ4v) is 6.28. The first-order valence-electron chi connectivity index (χ1n) is 8.96. The molecule has 0 radical (unpaired) electrons. The maximum Gasteiger partial charge on any atom is 0.490 e. The average Bonchev–Trinajstić information content (AvgIpc) is 3.17. The van der Waals surface area contributed by atoms with Gasteiger partial charge in [-0.1, -0.05) is 11.6 Å². The number of imidazole rings is 1. The lowest BCUT2D eigenvalue weighted by Gasteiger charge is -2.20. The Bertz CT molecular complexity index is 1210. The smallest absolute Gasteiger partial charge is 0.476 e. The molecule has 1 fully saturated rings. The lowest BCUT2D eigenvalue weighted by molar-refractivity contribution is -0.0417. The highest BCUT2D eigenvalue weighted by Crippen LogP contribution is 2.66. The second kappa shape index (κ2) is 9.65. The predicted octanol–water partition coefficient (Wildman–Crippen LogP) is 1.34. The van der Waals surface area contributed by atoms with Gasteiger partial charge in [-0.3, -0.25) is 9.09 Å². The molecule has 1 aliphatic rings. The Morgan fingerprint density at radius 2 is 1.94 bits per heavy atom. The average molecular weight is 572 g/mol. The van der Waals surface area contributed by atoms with E-state index in [-0.39, 0.29) is 29.6 Å². The molecule has 34 heavy (non-hydrogen) atoms. The Labute approximate surface area is 194 Å². The monoisotopic (exact) mass is 571 g/mol. The van der Waals surface area contributed by atoms with Gasteiger partial charge in [-0.2, -0.15) is 18.6 Å². The largest absolute Gasteiger partial charge is 0.490 e. The lowest BCUT2D eigenvalue weighted by atomic mass is 10.2. The van der Waals surface area contributed by atoms with Gasteiger partial charge in [-0.15, -0.1) is 0 Å². The molecule has 0 amide bonds. The highest BCUT2D eigenvalue weighted by molar-refractivity contribution is 7.66. The zero-order valence-corrected chi connectivity index (χ0v) is 20.3. The molecule has 2 aromatic rings. The molecule has 3 heterocycles. The van der Waals surface area contributed by atoms with Crippen LogP contribution in [0.3, 0.4) is 0 Å². The number of hydrogen-bond acceptors (Lipinski definition) is 12. The molecule has 22 heteroatoms. The molecule has 0 spiro atoms. The summed E-state index contributed by atoms with van der Waals surface area (Å²) in [5, 5.41) is -2.61. The van der Waals surface area contributed by atoms with Gasteiger partial charge in [0, 0.05) is 6.42 Å². The van der Waals surface area contributed by atoms with E-state index in [0.29, 0.717) is 0 Å². The van der Waals surface area contributed by atoms with E-state index in [4.69, 9.17) is 41.5 Å². The van der Waals surface area contributed by atoms with Gasteiger partial charge in [0.1, 0.15) is 0 Å². The van der Waals surface area contributed by atoms with Crippen molar-refractivity contribution in [1.29, 1.82) is 0 Å². The molecule has 1 aliphatic heterocycles. The van der Waals surface area contributed by atoms with Crippen molar-refractivity contribution in [2.45, 2.75) is 30.8 Å². The number of ether oxygens (including phenoxy) is 2. The number of phosphoric ester groups is 1. The van der Waals surface area contributed by atoms with E-state index in [2.05, 4.69) is 28.1 Å². The molecule has 2 aromatic heterocycles. The molecule has 3 rings (SSSR count). The van der Waals surface area contributed by atoms with Crippen LogP contribution < -0.4 is 10.5 Å². The molecule has 0 saturated carbocycles. The number of aromatic nitrogens is 4. The Balaban J connectivity index is 1.74. The molecule has 0 aromatic carbocycles. The van der Waals surface area contributed by atoms with E-state index < -0.39 is 54.0 Å². The summed E-state index contributed by atoms with van der Waals surface area (Å²) in [6, 6.07) is 0. The van der Waals surface area contributed by atoms with E-state index in [0.717, 1.165) is 10.9 Å². The predicted molar refractivity (Wildman–Crippen MR) is 109 cm³/mol.